The van der Waals surface area contributed by atoms with Gasteiger partial charge in [0.15, 0.2) is 0 Å². The summed E-state index contributed by atoms with van der Waals surface area (Å²) in [4.78, 5) is 10.0. The molecule has 0 bridgehead atoms. The van der Waals surface area contributed by atoms with Gasteiger partial charge in [0.05, 0.1) is 5.41 Å². The van der Waals surface area contributed by atoms with E-state index in [2.05, 4.69) is 0 Å². The van der Waals surface area contributed by atoms with Gasteiger partial charge in [-0.15, -0.1) is 11.3 Å². The molecule has 1 unspecified atom stereocenters. The first-order valence-corrected chi connectivity index (χ1v) is 8.12. The van der Waals surface area contributed by atoms with Crippen LogP contribution < -0.4 is 4.72 Å². The highest BCUT2D eigenvalue weighted by molar-refractivity contribution is 7.91. The Morgan fingerprint density at radius 2 is 1.95 bits per heavy atom. The molecule has 0 radical (unpaired) electrons. The minimum atomic E-state index is -4.61. The Morgan fingerprint density at radius 1 is 1.38 bits per heavy atom. The summed E-state index contributed by atoms with van der Waals surface area (Å²) in [6, 6.07) is 1.52. The number of alkyl halides is 3. The van der Waals surface area contributed by atoms with E-state index in [0.29, 0.717) is 6.07 Å². The predicted octanol–water partition coefficient (Wildman–Crippen LogP) is 2.55. The van der Waals surface area contributed by atoms with Crippen molar-refractivity contribution in [3.8, 4) is 0 Å². The molecule has 1 atom stereocenters. The van der Waals surface area contributed by atoms with E-state index in [0.717, 1.165) is 6.07 Å². The van der Waals surface area contributed by atoms with Crippen LogP contribution in [-0.2, 0) is 21.0 Å². The Hall–Kier alpha value is -1.13. The van der Waals surface area contributed by atoms with E-state index in [1.54, 1.807) is 6.92 Å². The number of thiophene rings is 1. The van der Waals surface area contributed by atoms with E-state index in [-0.39, 0.29) is 17.8 Å². The van der Waals surface area contributed by atoms with Crippen LogP contribution in [-0.4, -0.2) is 26.0 Å². The van der Waals surface area contributed by atoms with Crippen LogP contribution in [0, 0.1) is 5.41 Å². The molecule has 0 aromatic carbocycles. The molecule has 5 nitrogen and oxygen atoms in total. The van der Waals surface area contributed by atoms with E-state index in [1.165, 1.54) is 6.92 Å². The van der Waals surface area contributed by atoms with Crippen LogP contribution in [0.3, 0.4) is 0 Å². The smallest absolute Gasteiger partial charge is 0.425 e. The molecule has 2 N–H and O–H groups in total. The van der Waals surface area contributed by atoms with E-state index in [1.807, 2.05) is 4.72 Å². The number of aliphatic carboxylic acids is 1. The molecule has 0 aliphatic heterocycles. The maximum atomic E-state index is 12.4. The van der Waals surface area contributed by atoms with Crippen molar-refractivity contribution < 1.29 is 31.5 Å². The lowest BCUT2D eigenvalue weighted by Crippen LogP contribution is -2.40. The summed E-state index contributed by atoms with van der Waals surface area (Å²) in [5, 5.41) is 9.03. The average Bonchev–Trinajstić information content (AvgIpc) is 2.86. The zero-order valence-electron chi connectivity index (χ0n) is 11.2. The Balaban J connectivity index is 2.93. The number of halogens is 3. The molecule has 0 fully saturated rings. The summed E-state index contributed by atoms with van der Waals surface area (Å²) in [6.07, 6.45) is -4.44. The van der Waals surface area contributed by atoms with Crippen molar-refractivity contribution >= 4 is 27.3 Å². The van der Waals surface area contributed by atoms with Crippen molar-refractivity contribution in [1.82, 2.24) is 4.72 Å². The third kappa shape index (κ3) is 4.17. The minimum Gasteiger partial charge on any atom is -0.481 e. The van der Waals surface area contributed by atoms with Crippen LogP contribution in [0.2, 0.25) is 0 Å². The summed E-state index contributed by atoms with van der Waals surface area (Å²) in [5.41, 5.74) is -1.32. The Labute approximate surface area is 123 Å². The number of carbonyl (C=O) groups is 1. The van der Waals surface area contributed by atoms with Crippen LogP contribution in [0.25, 0.3) is 0 Å². The third-order valence-corrected chi connectivity index (χ3v) is 6.10. The van der Waals surface area contributed by atoms with Gasteiger partial charge < -0.3 is 5.11 Å². The second kappa shape index (κ2) is 5.93. The van der Waals surface area contributed by atoms with Crippen LogP contribution in [0.4, 0.5) is 13.2 Å². The maximum absolute atomic E-state index is 12.4. The Kier molecular flexibility index (Phi) is 5.06. The number of sulfonamides is 1. The van der Waals surface area contributed by atoms with Gasteiger partial charge in [-0.1, -0.05) is 6.92 Å². The Bertz CT molecular complexity index is 624. The van der Waals surface area contributed by atoms with Gasteiger partial charge in [-0.25, -0.2) is 13.1 Å². The molecule has 1 heterocycles. The van der Waals surface area contributed by atoms with E-state index in [9.17, 15) is 26.4 Å². The van der Waals surface area contributed by atoms with Gasteiger partial charge in [-0.2, -0.15) is 13.2 Å². The van der Waals surface area contributed by atoms with Crippen LogP contribution in [0.15, 0.2) is 16.3 Å². The molecule has 0 amide bonds. The zero-order valence-corrected chi connectivity index (χ0v) is 12.8. The van der Waals surface area contributed by atoms with Gasteiger partial charge >= 0.3 is 12.1 Å². The topological polar surface area (TPSA) is 83.5 Å². The van der Waals surface area contributed by atoms with Gasteiger partial charge in [0.2, 0.25) is 10.0 Å². The van der Waals surface area contributed by atoms with Crippen molar-refractivity contribution in [3.63, 3.8) is 0 Å². The fourth-order valence-electron chi connectivity index (χ4n) is 1.29. The Morgan fingerprint density at radius 3 is 2.33 bits per heavy atom. The molecule has 0 saturated carbocycles. The molecule has 10 heteroatoms. The summed E-state index contributed by atoms with van der Waals surface area (Å²) in [5.74, 6) is -1.19. The average molecular weight is 345 g/mol. The molecule has 21 heavy (non-hydrogen) atoms. The zero-order chi connectivity index (χ0) is 16.5. The molecule has 0 aliphatic carbocycles. The number of rotatable bonds is 6. The fraction of sp³-hybridized carbons (Fsp3) is 0.545. The lowest BCUT2D eigenvalue weighted by Gasteiger charge is -2.22. The van der Waals surface area contributed by atoms with Crippen LogP contribution in [0.1, 0.15) is 25.1 Å². The normalized spacial score (nSPS) is 15.7. The van der Waals surface area contributed by atoms with Gasteiger partial charge in [-0.05, 0) is 25.5 Å². The molecule has 120 valence electrons. The van der Waals surface area contributed by atoms with Gasteiger partial charge in [0.1, 0.15) is 9.09 Å². The highest BCUT2D eigenvalue weighted by atomic mass is 32.2. The summed E-state index contributed by atoms with van der Waals surface area (Å²) in [6.45, 7) is 2.53. The highest BCUT2D eigenvalue weighted by Crippen LogP contribution is 2.36. The van der Waals surface area contributed by atoms with Crippen molar-refractivity contribution in [1.29, 1.82) is 0 Å². The third-order valence-electron chi connectivity index (χ3n) is 3.07. The number of hydrogen-bond acceptors (Lipinski definition) is 4. The second-order valence-electron chi connectivity index (χ2n) is 4.66. The second-order valence-corrected chi connectivity index (χ2v) is 7.74. The molecule has 0 saturated heterocycles. The SMILES string of the molecule is CCC(C)(CNS(=O)(=O)c1ccc(C(F)(F)F)s1)C(=O)O. The molecule has 1 aromatic heterocycles. The molecular weight excluding hydrogens is 331 g/mol. The summed E-state index contributed by atoms with van der Waals surface area (Å²) < 4.78 is 62.7. The molecule has 0 aliphatic rings. The van der Waals surface area contributed by atoms with Gasteiger partial charge in [0, 0.05) is 6.54 Å². The van der Waals surface area contributed by atoms with E-state index in [4.69, 9.17) is 5.11 Å². The summed E-state index contributed by atoms with van der Waals surface area (Å²) >= 11 is 0.0904. The van der Waals surface area contributed by atoms with E-state index < -0.39 is 43.2 Å². The van der Waals surface area contributed by atoms with E-state index >= 15 is 0 Å². The van der Waals surface area contributed by atoms with Crippen molar-refractivity contribution in [2.24, 2.45) is 5.41 Å². The van der Waals surface area contributed by atoms with Gasteiger partial charge in [-0.3, -0.25) is 4.79 Å². The molecule has 1 rings (SSSR count). The quantitative estimate of drug-likeness (QED) is 0.830. The lowest BCUT2D eigenvalue weighted by molar-refractivity contribution is -0.147. The fourth-order valence-corrected chi connectivity index (χ4v) is 3.68. The highest BCUT2D eigenvalue weighted by Gasteiger charge is 2.36. The standard InChI is InChI=1S/C11H14F3NO4S2/c1-3-10(2,9(16)17)6-15-21(18,19)8-5-4-7(20-8)11(12,13)14/h4-5,15H,3,6H2,1-2H3,(H,16,17). The number of carboxylic acids is 1. The molecule has 0 spiro atoms. The predicted molar refractivity (Wildman–Crippen MR) is 70.5 cm³/mol. The molecule has 1 aromatic rings. The van der Waals surface area contributed by atoms with Crippen molar-refractivity contribution in [2.75, 3.05) is 6.54 Å². The van der Waals surface area contributed by atoms with Gasteiger partial charge in [0.25, 0.3) is 0 Å². The number of hydrogen-bond donors (Lipinski definition) is 2. The van der Waals surface area contributed by atoms with Crippen molar-refractivity contribution in [2.45, 2.75) is 30.7 Å². The summed E-state index contributed by atoms with van der Waals surface area (Å²) in [7, 11) is -4.17. The van der Waals surface area contributed by atoms with Crippen molar-refractivity contribution in [3.05, 3.63) is 17.0 Å². The number of carboxylic acid groups (broad SMARTS) is 1. The largest absolute Gasteiger partial charge is 0.481 e. The van der Waals surface area contributed by atoms with Crippen LogP contribution >= 0.6 is 11.3 Å². The first-order chi connectivity index (χ1) is 9.42. The van der Waals surface area contributed by atoms with Crippen LogP contribution in [0.5, 0.6) is 0 Å². The maximum Gasteiger partial charge on any atom is 0.425 e. The minimum absolute atomic E-state index is 0.0904. The first kappa shape index (κ1) is 17.9. The lowest BCUT2D eigenvalue weighted by atomic mass is 9.88. The number of nitrogens with one attached hydrogen (secondary N) is 1. The molecular formula is C11H14F3NO4S2. The monoisotopic (exact) mass is 345 g/mol. The first-order valence-electron chi connectivity index (χ1n) is 5.82.